The van der Waals surface area contributed by atoms with Crippen LogP contribution in [0.15, 0.2) is 6.07 Å². The standard InChI is InChI=1S/C11H18N4O/c1-4-11(12)6-15(7-11)9-5-10(16-3)14-8(2)13-9/h5H,4,6-7,12H2,1-3H3. The average Bonchev–Trinajstić information content (AvgIpc) is 2.23. The molecule has 1 aromatic rings. The Morgan fingerprint density at radius 3 is 2.75 bits per heavy atom. The smallest absolute Gasteiger partial charge is 0.218 e. The van der Waals surface area contributed by atoms with Crippen LogP contribution < -0.4 is 15.4 Å². The Labute approximate surface area is 95.6 Å². The molecule has 0 bridgehead atoms. The maximum atomic E-state index is 6.12. The summed E-state index contributed by atoms with van der Waals surface area (Å²) in [6.45, 7) is 5.68. The van der Waals surface area contributed by atoms with Crippen molar-refractivity contribution in [2.45, 2.75) is 25.8 Å². The summed E-state index contributed by atoms with van der Waals surface area (Å²) < 4.78 is 5.12. The lowest BCUT2D eigenvalue weighted by Gasteiger charge is -2.48. The zero-order chi connectivity index (χ0) is 11.8. The van der Waals surface area contributed by atoms with Crippen LogP contribution in [0.1, 0.15) is 19.2 Å². The molecule has 2 heterocycles. The normalized spacial score (nSPS) is 18.1. The summed E-state index contributed by atoms with van der Waals surface area (Å²) in [4.78, 5) is 10.7. The first kappa shape index (κ1) is 11.1. The molecule has 0 amide bonds. The van der Waals surface area contributed by atoms with Gasteiger partial charge in [0.2, 0.25) is 5.88 Å². The highest BCUT2D eigenvalue weighted by atomic mass is 16.5. The molecule has 0 atom stereocenters. The number of nitrogens with two attached hydrogens (primary N) is 1. The molecule has 1 fully saturated rings. The van der Waals surface area contributed by atoms with Gasteiger partial charge < -0.3 is 15.4 Å². The number of anilines is 1. The fraction of sp³-hybridized carbons (Fsp3) is 0.636. The first-order valence-electron chi connectivity index (χ1n) is 5.50. The first-order valence-corrected chi connectivity index (χ1v) is 5.50. The van der Waals surface area contributed by atoms with Crippen molar-refractivity contribution < 1.29 is 4.74 Å². The van der Waals surface area contributed by atoms with E-state index in [1.807, 2.05) is 13.0 Å². The van der Waals surface area contributed by atoms with E-state index in [2.05, 4.69) is 21.8 Å². The number of ether oxygens (including phenoxy) is 1. The molecular weight excluding hydrogens is 204 g/mol. The molecule has 2 N–H and O–H groups in total. The first-order chi connectivity index (χ1) is 7.56. The van der Waals surface area contributed by atoms with Crippen LogP contribution in [0, 0.1) is 6.92 Å². The molecule has 0 aromatic carbocycles. The quantitative estimate of drug-likeness (QED) is 0.816. The Hall–Kier alpha value is -1.36. The molecule has 5 heteroatoms. The van der Waals surface area contributed by atoms with Gasteiger partial charge in [0.1, 0.15) is 11.6 Å². The predicted molar refractivity (Wildman–Crippen MR) is 62.7 cm³/mol. The van der Waals surface area contributed by atoms with Gasteiger partial charge in [0, 0.05) is 19.2 Å². The van der Waals surface area contributed by atoms with Gasteiger partial charge in [-0.05, 0) is 13.3 Å². The number of hydrogen-bond acceptors (Lipinski definition) is 5. The summed E-state index contributed by atoms with van der Waals surface area (Å²) in [6.07, 6.45) is 0.991. The van der Waals surface area contributed by atoms with E-state index in [-0.39, 0.29) is 5.54 Å². The highest BCUT2D eigenvalue weighted by molar-refractivity contribution is 5.46. The molecule has 2 rings (SSSR count). The lowest BCUT2D eigenvalue weighted by Crippen LogP contribution is -2.67. The van der Waals surface area contributed by atoms with Crippen molar-refractivity contribution in [3.8, 4) is 5.88 Å². The van der Waals surface area contributed by atoms with Crippen molar-refractivity contribution >= 4 is 5.82 Å². The van der Waals surface area contributed by atoms with Crippen molar-refractivity contribution in [3.05, 3.63) is 11.9 Å². The largest absolute Gasteiger partial charge is 0.481 e. The molecule has 0 radical (unpaired) electrons. The number of nitrogens with zero attached hydrogens (tertiary/aromatic N) is 3. The molecule has 88 valence electrons. The molecule has 1 aromatic heterocycles. The van der Waals surface area contributed by atoms with E-state index in [0.717, 1.165) is 31.2 Å². The van der Waals surface area contributed by atoms with E-state index in [9.17, 15) is 0 Å². The average molecular weight is 222 g/mol. The zero-order valence-electron chi connectivity index (χ0n) is 10.0. The minimum Gasteiger partial charge on any atom is -0.481 e. The highest BCUT2D eigenvalue weighted by Crippen LogP contribution is 2.28. The fourth-order valence-corrected chi connectivity index (χ4v) is 1.89. The Morgan fingerprint density at radius 1 is 1.50 bits per heavy atom. The Balaban J connectivity index is 2.14. The summed E-state index contributed by atoms with van der Waals surface area (Å²) in [5.41, 5.74) is 6.07. The second-order valence-electron chi connectivity index (χ2n) is 4.39. The van der Waals surface area contributed by atoms with Crippen LogP contribution in [0.25, 0.3) is 0 Å². The Bertz CT molecular complexity index is 388. The van der Waals surface area contributed by atoms with Gasteiger partial charge in [-0.2, -0.15) is 4.98 Å². The van der Waals surface area contributed by atoms with E-state index in [0.29, 0.717) is 5.88 Å². The van der Waals surface area contributed by atoms with Crippen LogP contribution in [0.3, 0.4) is 0 Å². The molecule has 0 unspecified atom stereocenters. The maximum absolute atomic E-state index is 6.12. The summed E-state index contributed by atoms with van der Waals surface area (Å²) >= 11 is 0. The number of rotatable bonds is 3. The minimum absolute atomic E-state index is 0.0495. The van der Waals surface area contributed by atoms with Gasteiger partial charge in [-0.1, -0.05) is 6.92 Å². The van der Waals surface area contributed by atoms with Gasteiger partial charge >= 0.3 is 0 Å². The molecule has 1 aliphatic rings. The molecule has 1 aliphatic heterocycles. The maximum Gasteiger partial charge on any atom is 0.218 e. The van der Waals surface area contributed by atoms with Gasteiger partial charge in [0.05, 0.1) is 12.6 Å². The van der Waals surface area contributed by atoms with Gasteiger partial charge in [0.25, 0.3) is 0 Å². The van der Waals surface area contributed by atoms with Crippen LogP contribution in [0.2, 0.25) is 0 Å². The fourth-order valence-electron chi connectivity index (χ4n) is 1.89. The number of aromatic nitrogens is 2. The van der Waals surface area contributed by atoms with E-state index in [1.54, 1.807) is 7.11 Å². The van der Waals surface area contributed by atoms with Crippen LogP contribution in [-0.4, -0.2) is 35.7 Å². The third kappa shape index (κ3) is 1.95. The summed E-state index contributed by atoms with van der Waals surface area (Å²) in [5, 5.41) is 0. The zero-order valence-corrected chi connectivity index (χ0v) is 10.0. The second-order valence-corrected chi connectivity index (χ2v) is 4.39. The van der Waals surface area contributed by atoms with E-state index in [4.69, 9.17) is 10.5 Å². The van der Waals surface area contributed by atoms with Crippen molar-refractivity contribution in [3.63, 3.8) is 0 Å². The van der Waals surface area contributed by atoms with E-state index >= 15 is 0 Å². The summed E-state index contributed by atoms with van der Waals surface area (Å²) in [6, 6.07) is 1.85. The van der Waals surface area contributed by atoms with Gasteiger partial charge in [-0.3, -0.25) is 0 Å². The van der Waals surface area contributed by atoms with Crippen LogP contribution in [0.4, 0.5) is 5.82 Å². The van der Waals surface area contributed by atoms with Crippen LogP contribution in [0.5, 0.6) is 5.88 Å². The third-order valence-corrected chi connectivity index (χ3v) is 3.05. The monoisotopic (exact) mass is 222 g/mol. The number of hydrogen-bond donors (Lipinski definition) is 1. The highest BCUT2D eigenvalue weighted by Gasteiger charge is 2.38. The van der Waals surface area contributed by atoms with Crippen molar-refractivity contribution in [1.82, 2.24) is 9.97 Å². The summed E-state index contributed by atoms with van der Waals surface area (Å²) in [5.74, 6) is 2.23. The predicted octanol–water partition coefficient (Wildman–Crippen LogP) is 0.721. The number of aryl methyl sites for hydroxylation is 1. The Kier molecular flexibility index (Phi) is 2.71. The lowest BCUT2D eigenvalue weighted by atomic mass is 9.88. The molecule has 0 aliphatic carbocycles. The molecular formula is C11H18N4O. The van der Waals surface area contributed by atoms with E-state index < -0.39 is 0 Å². The van der Waals surface area contributed by atoms with Crippen LogP contribution >= 0.6 is 0 Å². The van der Waals surface area contributed by atoms with Crippen molar-refractivity contribution in [2.75, 3.05) is 25.1 Å². The molecule has 0 saturated carbocycles. The Morgan fingerprint density at radius 2 is 2.19 bits per heavy atom. The van der Waals surface area contributed by atoms with E-state index in [1.165, 1.54) is 0 Å². The molecule has 16 heavy (non-hydrogen) atoms. The van der Waals surface area contributed by atoms with Crippen molar-refractivity contribution in [2.24, 2.45) is 5.73 Å². The van der Waals surface area contributed by atoms with Crippen molar-refractivity contribution in [1.29, 1.82) is 0 Å². The van der Waals surface area contributed by atoms with Gasteiger partial charge in [-0.25, -0.2) is 4.98 Å². The molecule has 5 nitrogen and oxygen atoms in total. The summed E-state index contributed by atoms with van der Waals surface area (Å²) in [7, 11) is 1.61. The minimum atomic E-state index is -0.0495. The van der Waals surface area contributed by atoms with Crippen LogP contribution in [-0.2, 0) is 0 Å². The SMILES string of the molecule is CCC1(N)CN(c2cc(OC)nc(C)n2)C1. The van der Waals surface area contributed by atoms with Gasteiger partial charge in [-0.15, -0.1) is 0 Å². The molecule has 0 spiro atoms. The molecule has 1 saturated heterocycles. The number of methoxy groups -OCH3 is 1. The lowest BCUT2D eigenvalue weighted by molar-refractivity contribution is 0.319. The topological polar surface area (TPSA) is 64.3 Å². The van der Waals surface area contributed by atoms with Gasteiger partial charge in [0.15, 0.2) is 0 Å². The second kappa shape index (κ2) is 3.90. The third-order valence-electron chi connectivity index (χ3n) is 3.05.